The van der Waals surface area contributed by atoms with Crippen molar-refractivity contribution in [2.75, 3.05) is 18.5 Å². The predicted octanol–water partition coefficient (Wildman–Crippen LogP) is 5.16. The predicted molar refractivity (Wildman–Crippen MR) is 119 cm³/mol. The Morgan fingerprint density at radius 2 is 2.10 bits per heavy atom. The molecule has 2 N–H and O–H groups in total. The van der Waals surface area contributed by atoms with E-state index in [1.807, 2.05) is 24.4 Å². The van der Waals surface area contributed by atoms with Gasteiger partial charge in [-0.25, -0.2) is 4.79 Å². The first kappa shape index (κ1) is 20.2. The molecule has 5 heteroatoms. The van der Waals surface area contributed by atoms with Crippen LogP contribution in [0.15, 0.2) is 66.5 Å². The second-order valence-electron chi connectivity index (χ2n) is 7.86. The van der Waals surface area contributed by atoms with Gasteiger partial charge in [0, 0.05) is 24.2 Å². The molecule has 2 aliphatic rings. The molecule has 0 aromatic heterocycles. The van der Waals surface area contributed by atoms with Crippen LogP contribution in [0.25, 0.3) is 0 Å². The molecule has 0 aliphatic carbocycles. The summed E-state index contributed by atoms with van der Waals surface area (Å²) in [5.41, 5.74) is 6.99. The molecule has 2 heterocycles. The van der Waals surface area contributed by atoms with Gasteiger partial charge in [-0.05, 0) is 66.4 Å². The highest BCUT2D eigenvalue weighted by Crippen LogP contribution is 2.37. The Balaban J connectivity index is 1.62. The summed E-state index contributed by atoms with van der Waals surface area (Å²) in [5.74, 6) is 0.100. The van der Waals surface area contributed by atoms with Gasteiger partial charge in [-0.3, -0.25) is 5.32 Å². The van der Waals surface area contributed by atoms with Crippen LogP contribution in [0, 0.1) is 13.8 Å². The van der Waals surface area contributed by atoms with Crippen LogP contribution in [-0.4, -0.2) is 25.4 Å². The van der Waals surface area contributed by atoms with Crippen molar-refractivity contribution < 1.29 is 14.3 Å². The van der Waals surface area contributed by atoms with E-state index in [0.29, 0.717) is 13.2 Å². The Bertz CT molecular complexity index is 974. The zero-order valence-corrected chi connectivity index (χ0v) is 17.5. The van der Waals surface area contributed by atoms with Crippen LogP contribution in [0.2, 0.25) is 0 Å². The molecule has 0 radical (unpaired) electrons. The second kappa shape index (κ2) is 9.18. The van der Waals surface area contributed by atoms with Crippen LogP contribution in [0.5, 0.6) is 0 Å². The number of benzene rings is 2. The summed E-state index contributed by atoms with van der Waals surface area (Å²) in [4.78, 5) is 12.3. The number of amides is 1. The third kappa shape index (κ3) is 4.57. The minimum absolute atomic E-state index is 0.100. The Morgan fingerprint density at radius 3 is 2.87 bits per heavy atom. The number of aryl methyl sites for hydroxylation is 1. The third-order valence-corrected chi connectivity index (χ3v) is 5.79. The highest BCUT2D eigenvalue weighted by Gasteiger charge is 2.23. The maximum atomic E-state index is 12.3. The van der Waals surface area contributed by atoms with E-state index >= 15 is 0 Å². The SMILES string of the molecule is Cc1cccc(C(C2=CNC=CC2)c2cccc(NC(=O)OC3CCOC3)c2)c1C. The van der Waals surface area contributed by atoms with Gasteiger partial charge in [0.1, 0.15) is 6.10 Å². The van der Waals surface area contributed by atoms with Crippen LogP contribution in [-0.2, 0) is 9.47 Å². The van der Waals surface area contributed by atoms with Crippen molar-refractivity contribution in [3.8, 4) is 0 Å². The summed E-state index contributed by atoms with van der Waals surface area (Å²) in [6, 6.07) is 14.5. The van der Waals surface area contributed by atoms with Crippen molar-refractivity contribution in [2.24, 2.45) is 0 Å². The van der Waals surface area contributed by atoms with Gasteiger partial charge in [-0.1, -0.05) is 36.4 Å². The molecule has 30 heavy (non-hydrogen) atoms. The van der Waals surface area contributed by atoms with Gasteiger partial charge in [-0.15, -0.1) is 0 Å². The molecule has 2 aliphatic heterocycles. The molecule has 5 nitrogen and oxygen atoms in total. The normalized spacial score (nSPS) is 19.0. The van der Waals surface area contributed by atoms with Crippen LogP contribution >= 0.6 is 0 Å². The van der Waals surface area contributed by atoms with E-state index < -0.39 is 6.09 Å². The molecular weight excluding hydrogens is 376 g/mol. The molecule has 1 saturated heterocycles. The minimum Gasteiger partial charge on any atom is -0.443 e. The average Bonchev–Trinajstić information content (AvgIpc) is 3.25. The van der Waals surface area contributed by atoms with Crippen molar-refractivity contribution in [1.82, 2.24) is 5.32 Å². The number of dihydropyridines is 1. The molecule has 2 atom stereocenters. The van der Waals surface area contributed by atoms with Crippen LogP contribution in [0.1, 0.15) is 41.0 Å². The molecule has 2 unspecified atom stereocenters. The van der Waals surface area contributed by atoms with E-state index in [-0.39, 0.29) is 12.0 Å². The second-order valence-corrected chi connectivity index (χ2v) is 7.86. The number of hydrogen-bond donors (Lipinski definition) is 2. The zero-order chi connectivity index (χ0) is 20.9. The first-order valence-corrected chi connectivity index (χ1v) is 10.4. The fraction of sp³-hybridized carbons (Fsp3) is 0.320. The third-order valence-electron chi connectivity index (χ3n) is 5.79. The van der Waals surface area contributed by atoms with E-state index in [4.69, 9.17) is 9.47 Å². The molecule has 156 valence electrons. The van der Waals surface area contributed by atoms with Gasteiger partial charge in [0.15, 0.2) is 0 Å². The number of hydrogen-bond acceptors (Lipinski definition) is 4. The average molecular weight is 405 g/mol. The van der Waals surface area contributed by atoms with Gasteiger partial charge in [0.2, 0.25) is 0 Å². The number of ether oxygens (including phenoxy) is 2. The molecular formula is C25H28N2O3. The Hall–Kier alpha value is -3.05. The Labute approximate surface area is 177 Å². The maximum absolute atomic E-state index is 12.3. The quantitative estimate of drug-likeness (QED) is 0.722. The monoisotopic (exact) mass is 404 g/mol. The Morgan fingerprint density at radius 1 is 1.23 bits per heavy atom. The first-order valence-electron chi connectivity index (χ1n) is 10.4. The van der Waals surface area contributed by atoms with Crippen LogP contribution < -0.4 is 10.6 Å². The van der Waals surface area contributed by atoms with Crippen LogP contribution in [0.3, 0.4) is 0 Å². The molecule has 2 aromatic rings. The van der Waals surface area contributed by atoms with E-state index in [2.05, 4.69) is 61.0 Å². The Kier molecular flexibility index (Phi) is 6.19. The lowest BCUT2D eigenvalue weighted by atomic mass is 9.80. The molecule has 4 rings (SSSR count). The summed E-state index contributed by atoms with van der Waals surface area (Å²) < 4.78 is 10.7. The zero-order valence-electron chi connectivity index (χ0n) is 17.5. The van der Waals surface area contributed by atoms with Gasteiger partial charge in [0.25, 0.3) is 0 Å². The number of carbonyl (C=O) groups excluding carboxylic acids is 1. The van der Waals surface area contributed by atoms with E-state index in [9.17, 15) is 4.79 Å². The lowest BCUT2D eigenvalue weighted by Gasteiger charge is -2.25. The smallest absolute Gasteiger partial charge is 0.411 e. The highest BCUT2D eigenvalue weighted by atomic mass is 16.6. The molecule has 0 saturated carbocycles. The number of anilines is 1. The first-order chi connectivity index (χ1) is 14.6. The fourth-order valence-corrected chi connectivity index (χ4v) is 4.06. The molecule has 0 bridgehead atoms. The summed E-state index contributed by atoms with van der Waals surface area (Å²) in [5, 5.41) is 6.11. The van der Waals surface area contributed by atoms with Crippen molar-refractivity contribution in [3.63, 3.8) is 0 Å². The van der Waals surface area contributed by atoms with Crippen molar-refractivity contribution in [2.45, 2.75) is 38.7 Å². The van der Waals surface area contributed by atoms with Crippen LogP contribution in [0.4, 0.5) is 10.5 Å². The number of carbonyl (C=O) groups is 1. The van der Waals surface area contributed by atoms with Gasteiger partial charge >= 0.3 is 6.09 Å². The van der Waals surface area contributed by atoms with Crippen molar-refractivity contribution >= 4 is 11.8 Å². The van der Waals surface area contributed by atoms with Gasteiger partial charge in [-0.2, -0.15) is 0 Å². The minimum atomic E-state index is -0.438. The molecule has 0 spiro atoms. The largest absolute Gasteiger partial charge is 0.443 e. The highest BCUT2D eigenvalue weighted by molar-refractivity contribution is 5.85. The standard InChI is InChI=1S/C25H28N2O3/c1-17-6-3-10-23(18(17)2)24(20-8-5-12-26-15-20)19-7-4-9-21(14-19)27-25(28)30-22-11-13-29-16-22/h3-7,9-10,12,14-15,22,24,26H,8,11,13,16H2,1-2H3,(H,27,28). The van der Waals surface area contributed by atoms with Crippen molar-refractivity contribution in [1.29, 1.82) is 0 Å². The molecule has 1 fully saturated rings. The summed E-state index contributed by atoms with van der Waals surface area (Å²) in [6.07, 6.45) is 7.21. The van der Waals surface area contributed by atoms with Gasteiger partial charge < -0.3 is 14.8 Å². The maximum Gasteiger partial charge on any atom is 0.411 e. The number of rotatable bonds is 5. The molecule has 1 amide bonds. The van der Waals surface area contributed by atoms with E-state index in [1.54, 1.807) is 0 Å². The summed E-state index contributed by atoms with van der Waals surface area (Å²) in [7, 11) is 0. The lowest BCUT2D eigenvalue weighted by Crippen LogP contribution is -2.22. The number of allylic oxidation sites excluding steroid dienone is 2. The lowest BCUT2D eigenvalue weighted by molar-refractivity contribution is 0.0932. The topological polar surface area (TPSA) is 59.6 Å². The number of nitrogens with one attached hydrogen (secondary N) is 2. The van der Waals surface area contributed by atoms with Gasteiger partial charge in [0.05, 0.1) is 13.2 Å². The van der Waals surface area contributed by atoms with E-state index in [1.165, 1.54) is 22.3 Å². The van der Waals surface area contributed by atoms with E-state index in [0.717, 1.165) is 24.1 Å². The fourth-order valence-electron chi connectivity index (χ4n) is 4.06. The summed E-state index contributed by atoms with van der Waals surface area (Å²) >= 11 is 0. The van der Waals surface area contributed by atoms with Crippen molar-refractivity contribution in [3.05, 3.63) is 88.8 Å². The summed E-state index contributed by atoms with van der Waals surface area (Å²) in [6.45, 7) is 5.43. The molecule has 2 aromatic carbocycles.